The van der Waals surface area contributed by atoms with E-state index in [0.717, 1.165) is 6.16 Å². The molecule has 0 aliphatic heterocycles. The van der Waals surface area contributed by atoms with Crippen LogP contribution in [0.5, 0.6) is 0 Å². The number of aromatic nitrogens is 1. The van der Waals surface area contributed by atoms with Gasteiger partial charge in [-0.2, -0.15) is 0 Å². The molecule has 29 heavy (non-hydrogen) atoms. The third-order valence-electron chi connectivity index (χ3n) is 5.58. The van der Waals surface area contributed by atoms with Crippen molar-refractivity contribution in [3.05, 3.63) is 127 Å². The van der Waals surface area contributed by atoms with Gasteiger partial charge in [-0.05, 0) is 35.9 Å². The topological polar surface area (TPSA) is 15.8 Å². The van der Waals surface area contributed by atoms with Crippen LogP contribution in [0, 0.1) is 0 Å². The summed E-state index contributed by atoms with van der Waals surface area (Å²) in [4.78, 5) is 3.80. The molecule has 0 unspecified atom stereocenters. The van der Waals surface area contributed by atoms with Crippen LogP contribution < -0.4 is 16.0 Å². The van der Waals surface area contributed by atoms with Crippen LogP contribution in [0.4, 0.5) is 0 Å². The molecule has 0 radical (unpaired) electrons. The van der Waals surface area contributed by atoms with Gasteiger partial charge >= 0.3 is 0 Å². The van der Waals surface area contributed by atoms with Crippen LogP contribution in [0.3, 0.4) is 0 Å². The molecule has 2 heteroatoms. The van der Waals surface area contributed by atoms with Crippen molar-refractivity contribution in [1.82, 2.24) is 4.98 Å². The Morgan fingerprint density at radius 2 is 1.07 bits per heavy atom. The quantitative estimate of drug-likeness (QED) is 0.371. The molecule has 0 atom stereocenters. The van der Waals surface area contributed by atoms with Crippen molar-refractivity contribution in [2.45, 2.75) is 6.16 Å². The first kappa shape index (κ1) is 17.9. The van der Waals surface area contributed by atoms with E-state index in [1.54, 1.807) is 0 Å². The highest BCUT2D eigenvalue weighted by atomic mass is 31.2. The number of benzene rings is 4. The van der Waals surface area contributed by atoms with Gasteiger partial charge < -0.3 is 4.98 Å². The standard InChI is InChI=1S/C27H23NP/c1-4-12-22(13-5-1)21-29(24-15-6-2-7-16-24,25-17-8-3-9-18-25)27-20-23-14-10-11-19-26(23)28-27/h1-20,28H,21H2/q+1. The molecule has 4 aromatic carbocycles. The minimum atomic E-state index is -1.90. The zero-order valence-corrected chi connectivity index (χ0v) is 17.1. The number of nitrogens with one attached hydrogen (secondary N) is 1. The number of para-hydroxylation sites is 1. The highest BCUT2D eigenvalue weighted by Gasteiger charge is 2.46. The number of hydrogen-bond acceptors (Lipinski definition) is 0. The van der Waals surface area contributed by atoms with Crippen LogP contribution in [0.1, 0.15) is 5.56 Å². The SMILES string of the molecule is c1ccc(C[P+](c2ccccc2)(c2ccccc2)c2cc3ccccc3[nH]2)cc1. The van der Waals surface area contributed by atoms with Gasteiger partial charge in [-0.1, -0.05) is 84.9 Å². The summed E-state index contributed by atoms with van der Waals surface area (Å²) in [6.45, 7) is 0. The van der Waals surface area contributed by atoms with Crippen molar-refractivity contribution in [1.29, 1.82) is 0 Å². The maximum absolute atomic E-state index is 3.80. The summed E-state index contributed by atoms with van der Waals surface area (Å²) in [6.07, 6.45) is 0.995. The van der Waals surface area contributed by atoms with E-state index < -0.39 is 7.26 Å². The Hall–Kier alpha value is -3.15. The molecule has 0 aliphatic rings. The molecule has 140 valence electrons. The highest BCUT2D eigenvalue weighted by molar-refractivity contribution is 7.94. The first-order chi connectivity index (χ1) is 14.4. The largest absolute Gasteiger partial charge is 0.325 e. The molecule has 1 N–H and O–H groups in total. The molecule has 0 aliphatic carbocycles. The molecular formula is C27H23NP+. The molecule has 0 amide bonds. The van der Waals surface area contributed by atoms with Crippen LogP contribution in [0.25, 0.3) is 10.9 Å². The Morgan fingerprint density at radius 1 is 0.552 bits per heavy atom. The first-order valence-electron chi connectivity index (χ1n) is 9.98. The monoisotopic (exact) mass is 392 g/mol. The average Bonchev–Trinajstić information content (AvgIpc) is 3.24. The van der Waals surface area contributed by atoms with Gasteiger partial charge in [-0.3, -0.25) is 0 Å². The third-order valence-corrected chi connectivity index (χ3v) is 9.85. The molecular weight excluding hydrogens is 369 g/mol. The maximum Gasteiger partial charge on any atom is 0.172 e. The van der Waals surface area contributed by atoms with Gasteiger partial charge in [0.05, 0.1) is 6.16 Å². The Balaban J connectivity index is 1.82. The molecule has 1 aromatic heterocycles. The summed E-state index contributed by atoms with van der Waals surface area (Å²) >= 11 is 0. The van der Waals surface area contributed by atoms with Crippen LogP contribution in [0.2, 0.25) is 0 Å². The van der Waals surface area contributed by atoms with Crippen molar-refractivity contribution in [2.75, 3.05) is 0 Å². The Kier molecular flexibility index (Phi) is 4.76. The van der Waals surface area contributed by atoms with Crippen LogP contribution >= 0.6 is 7.26 Å². The van der Waals surface area contributed by atoms with E-state index in [0.29, 0.717) is 0 Å². The molecule has 1 heterocycles. The summed E-state index contributed by atoms with van der Waals surface area (Å²) in [5.74, 6) is 0. The molecule has 0 saturated carbocycles. The highest BCUT2D eigenvalue weighted by Crippen LogP contribution is 2.58. The normalized spacial score (nSPS) is 11.6. The van der Waals surface area contributed by atoms with Gasteiger partial charge in [0.15, 0.2) is 5.44 Å². The number of fused-ring (bicyclic) bond motifs is 1. The fourth-order valence-electron chi connectivity index (χ4n) is 4.18. The second kappa shape index (κ2) is 7.70. The lowest BCUT2D eigenvalue weighted by atomic mass is 10.2. The number of rotatable bonds is 5. The molecule has 5 aromatic rings. The lowest BCUT2D eigenvalue weighted by Gasteiger charge is -2.26. The van der Waals surface area contributed by atoms with E-state index in [2.05, 4.69) is 126 Å². The van der Waals surface area contributed by atoms with E-state index in [1.807, 2.05) is 0 Å². The van der Waals surface area contributed by atoms with Gasteiger partial charge in [-0.25, -0.2) is 0 Å². The number of hydrogen-bond donors (Lipinski definition) is 1. The molecule has 1 nitrogen and oxygen atoms in total. The van der Waals surface area contributed by atoms with Crippen molar-refractivity contribution in [2.24, 2.45) is 0 Å². The van der Waals surface area contributed by atoms with Gasteiger partial charge in [0.25, 0.3) is 0 Å². The minimum absolute atomic E-state index is 0.995. The van der Waals surface area contributed by atoms with Crippen LogP contribution in [-0.4, -0.2) is 4.98 Å². The van der Waals surface area contributed by atoms with Gasteiger partial charge in [0.2, 0.25) is 0 Å². The Morgan fingerprint density at radius 3 is 1.66 bits per heavy atom. The Labute approximate surface area is 172 Å². The summed E-state index contributed by atoms with van der Waals surface area (Å²) in [5.41, 5.74) is 3.90. The second-order valence-corrected chi connectivity index (χ2v) is 10.8. The molecule has 5 rings (SSSR count). The predicted octanol–water partition coefficient (Wildman–Crippen LogP) is 5.66. The maximum atomic E-state index is 3.80. The van der Waals surface area contributed by atoms with Crippen molar-refractivity contribution >= 4 is 34.2 Å². The summed E-state index contributed by atoms with van der Waals surface area (Å²) in [5, 5.41) is 4.08. The fraction of sp³-hybridized carbons (Fsp3) is 0.0370. The van der Waals surface area contributed by atoms with Gasteiger partial charge in [-0.15, -0.1) is 0 Å². The van der Waals surface area contributed by atoms with Crippen molar-refractivity contribution < 1.29 is 0 Å². The number of H-pyrrole nitrogens is 1. The van der Waals surface area contributed by atoms with Crippen molar-refractivity contribution in [3.63, 3.8) is 0 Å². The summed E-state index contributed by atoms with van der Waals surface area (Å²) < 4.78 is 0. The zero-order chi connectivity index (χ0) is 19.5. The Bertz CT molecular complexity index is 1140. The van der Waals surface area contributed by atoms with E-state index in [-0.39, 0.29) is 0 Å². The molecule has 0 bridgehead atoms. The third kappa shape index (κ3) is 3.28. The van der Waals surface area contributed by atoms with E-state index in [9.17, 15) is 0 Å². The van der Waals surface area contributed by atoms with E-state index >= 15 is 0 Å². The molecule has 0 spiro atoms. The molecule has 0 fully saturated rings. The molecule has 0 saturated heterocycles. The fourth-order valence-corrected chi connectivity index (χ4v) is 8.36. The van der Waals surface area contributed by atoms with Gasteiger partial charge in [0.1, 0.15) is 17.9 Å². The minimum Gasteiger partial charge on any atom is -0.325 e. The summed E-state index contributed by atoms with van der Waals surface area (Å²) in [7, 11) is -1.90. The van der Waals surface area contributed by atoms with E-state index in [1.165, 1.54) is 32.5 Å². The van der Waals surface area contributed by atoms with Crippen LogP contribution in [0.15, 0.2) is 121 Å². The summed E-state index contributed by atoms with van der Waals surface area (Å²) in [6, 6.07) is 43.9. The first-order valence-corrected chi connectivity index (χ1v) is 12.0. The second-order valence-electron chi connectivity index (χ2n) is 7.37. The average molecular weight is 392 g/mol. The smallest absolute Gasteiger partial charge is 0.172 e. The van der Waals surface area contributed by atoms with Gasteiger partial charge in [0, 0.05) is 17.0 Å². The lowest BCUT2D eigenvalue weighted by Crippen LogP contribution is -2.33. The van der Waals surface area contributed by atoms with E-state index in [4.69, 9.17) is 0 Å². The van der Waals surface area contributed by atoms with Crippen LogP contribution in [-0.2, 0) is 6.16 Å². The predicted molar refractivity (Wildman–Crippen MR) is 127 cm³/mol. The van der Waals surface area contributed by atoms with Crippen molar-refractivity contribution in [3.8, 4) is 0 Å². The lowest BCUT2D eigenvalue weighted by molar-refractivity contribution is 1.38. The zero-order valence-electron chi connectivity index (χ0n) is 16.2. The number of aromatic amines is 1.